The third kappa shape index (κ3) is 3.79. The molecule has 6 heteroatoms. The smallest absolute Gasteiger partial charge is 0.290 e. The number of methoxy groups -OCH3 is 1. The Bertz CT molecular complexity index is 977. The van der Waals surface area contributed by atoms with E-state index < -0.39 is 0 Å². The minimum Gasteiger partial charge on any atom is -0.495 e. The Hall–Kier alpha value is -3.28. The van der Waals surface area contributed by atoms with Crippen LogP contribution in [0.25, 0.3) is 11.0 Å². The van der Waals surface area contributed by atoms with Crippen LogP contribution in [0.4, 0.5) is 5.69 Å². The summed E-state index contributed by atoms with van der Waals surface area (Å²) in [5.41, 5.74) is 2.00. The third-order valence-corrected chi connectivity index (χ3v) is 4.42. The molecule has 0 atom stereocenters. The number of hydrogen-bond acceptors (Lipinski definition) is 4. The van der Waals surface area contributed by atoms with Crippen LogP contribution in [-0.4, -0.2) is 36.9 Å². The van der Waals surface area contributed by atoms with Gasteiger partial charge in [-0.3, -0.25) is 9.59 Å². The van der Waals surface area contributed by atoms with Crippen LogP contribution in [0.1, 0.15) is 23.0 Å². The number of carbonyl (C=O) groups excluding carboxylic acids is 2. The molecular formula is C21H22N2O4. The fourth-order valence-corrected chi connectivity index (χ4v) is 2.96. The van der Waals surface area contributed by atoms with Gasteiger partial charge in [-0.2, -0.15) is 0 Å². The standard InChI is InChI=1S/C21H22N2O4/c1-4-23(13-19(24)22-16-10-6-8-12-18(16)26-3)21(25)20-14(2)15-9-5-7-11-17(15)27-20/h5-12H,4,13H2,1-3H3,(H,22,24). The van der Waals surface area contributed by atoms with Crippen LogP contribution >= 0.6 is 0 Å². The van der Waals surface area contributed by atoms with Crippen molar-refractivity contribution >= 4 is 28.5 Å². The molecule has 0 unspecified atom stereocenters. The van der Waals surface area contributed by atoms with Crippen molar-refractivity contribution in [3.8, 4) is 5.75 Å². The summed E-state index contributed by atoms with van der Waals surface area (Å²) in [5, 5.41) is 3.68. The molecule has 0 spiro atoms. The second-order valence-electron chi connectivity index (χ2n) is 6.12. The Morgan fingerprint density at radius 3 is 2.52 bits per heavy atom. The molecule has 3 aromatic rings. The van der Waals surface area contributed by atoms with E-state index in [9.17, 15) is 9.59 Å². The van der Waals surface area contributed by atoms with E-state index in [2.05, 4.69) is 5.32 Å². The topological polar surface area (TPSA) is 71.8 Å². The molecule has 0 fully saturated rings. The molecule has 1 heterocycles. The van der Waals surface area contributed by atoms with E-state index in [1.165, 1.54) is 12.0 Å². The molecule has 6 nitrogen and oxygen atoms in total. The second-order valence-corrected chi connectivity index (χ2v) is 6.12. The summed E-state index contributed by atoms with van der Waals surface area (Å²) in [7, 11) is 1.54. The quantitative estimate of drug-likeness (QED) is 0.719. The maximum absolute atomic E-state index is 12.9. The van der Waals surface area contributed by atoms with Gasteiger partial charge in [0, 0.05) is 17.5 Å². The van der Waals surface area contributed by atoms with E-state index in [4.69, 9.17) is 9.15 Å². The molecule has 0 aliphatic carbocycles. The Morgan fingerprint density at radius 2 is 1.81 bits per heavy atom. The number of benzene rings is 2. The SMILES string of the molecule is CCN(CC(=O)Nc1ccccc1OC)C(=O)c1oc2ccccc2c1C. The van der Waals surface area contributed by atoms with Crippen molar-refractivity contribution in [2.45, 2.75) is 13.8 Å². The molecule has 0 bridgehead atoms. The largest absolute Gasteiger partial charge is 0.495 e. The van der Waals surface area contributed by atoms with Gasteiger partial charge in [0.25, 0.3) is 5.91 Å². The summed E-state index contributed by atoms with van der Waals surface area (Å²) < 4.78 is 11.0. The number of likely N-dealkylation sites (N-methyl/N-ethyl adjacent to an activating group) is 1. The Balaban J connectivity index is 1.77. The van der Waals surface area contributed by atoms with Gasteiger partial charge in [0.15, 0.2) is 5.76 Å². The number of furan rings is 1. The van der Waals surface area contributed by atoms with Gasteiger partial charge in [-0.25, -0.2) is 0 Å². The zero-order chi connectivity index (χ0) is 19.4. The monoisotopic (exact) mass is 366 g/mol. The summed E-state index contributed by atoms with van der Waals surface area (Å²) in [6.07, 6.45) is 0. The molecule has 3 rings (SSSR count). The average molecular weight is 366 g/mol. The summed E-state index contributed by atoms with van der Waals surface area (Å²) in [4.78, 5) is 26.8. The summed E-state index contributed by atoms with van der Waals surface area (Å²) in [6, 6.07) is 14.6. The molecule has 140 valence electrons. The molecule has 0 saturated heterocycles. The number of ether oxygens (including phenoxy) is 1. The molecule has 27 heavy (non-hydrogen) atoms. The first-order valence-electron chi connectivity index (χ1n) is 8.75. The molecule has 2 aromatic carbocycles. The number of carbonyl (C=O) groups is 2. The Morgan fingerprint density at radius 1 is 1.11 bits per heavy atom. The highest BCUT2D eigenvalue weighted by atomic mass is 16.5. The van der Waals surface area contributed by atoms with Crippen LogP contribution in [0.3, 0.4) is 0 Å². The van der Waals surface area contributed by atoms with Crippen molar-refractivity contribution in [3.05, 3.63) is 59.9 Å². The van der Waals surface area contributed by atoms with Crippen molar-refractivity contribution in [2.75, 3.05) is 25.5 Å². The maximum atomic E-state index is 12.9. The van der Waals surface area contributed by atoms with Crippen LogP contribution in [0.15, 0.2) is 52.9 Å². The minimum absolute atomic E-state index is 0.0795. The van der Waals surface area contributed by atoms with Gasteiger partial charge in [0.1, 0.15) is 17.9 Å². The van der Waals surface area contributed by atoms with Crippen LogP contribution < -0.4 is 10.1 Å². The van der Waals surface area contributed by atoms with Gasteiger partial charge in [0.05, 0.1) is 12.8 Å². The highest BCUT2D eigenvalue weighted by Gasteiger charge is 2.24. The first-order chi connectivity index (χ1) is 13.0. The van der Waals surface area contributed by atoms with Gasteiger partial charge in [0.2, 0.25) is 5.91 Å². The van der Waals surface area contributed by atoms with Crippen molar-refractivity contribution in [2.24, 2.45) is 0 Å². The van der Waals surface area contributed by atoms with Crippen LogP contribution in [0, 0.1) is 6.92 Å². The summed E-state index contributed by atoms with van der Waals surface area (Å²) in [5.74, 6) is 0.223. The fraction of sp³-hybridized carbons (Fsp3) is 0.238. The van der Waals surface area contributed by atoms with Crippen molar-refractivity contribution < 1.29 is 18.7 Å². The van der Waals surface area contributed by atoms with Crippen LogP contribution in [-0.2, 0) is 4.79 Å². The lowest BCUT2D eigenvalue weighted by Crippen LogP contribution is -2.38. The lowest BCUT2D eigenvalue weighted by molar-refractivity contribution is -0.116. The number of fused-ring (bicyclic) bond motifs is 1. The van der Waals surface area contributed by atoms with E-state index in [1.807, 2.05) is 44.2 Å². The predicted molar refractivity (Wildman–Crippen MR) is 104 cm³/mol. The summed E-state index contributed by atoms with van der Waals surface area (Å²) >= 11 is 0. The predicted octanol–water partition coefficient (Wildman–Crippen LogP) is 3.85. The molecule has 1 N–H and O–H groups in total. The summed E-state index contributed by atoms with van der Waals surface area (Å²) in [6.45, 7) is 3.98. The number of para-hydroxylation sites is 3. The molecule has 1 aromatic heterocycles. The highest BCUT2D eigenvalue weighted by Crippen LogP contribution is 2.26. The van der Waals surface area contributed by atoms with Crippen molar-refractivity contribution in [1.29, 1.82) is 0 Å². The van der Waals surface area contributed by atoms with E-state index in [-0.39, 0.29) is 24.1 Å². The number of amides is 2. The normalized spacial score (nSPS) is 10.6. The number of nitrogens with one attached hydrogen (secondary N) is 1. The highest BCUT2D eigenvalue weighted by molar-refractivity contribution is 6.02. The number of anilines is 1. The number of rotatable bonds is 6. The first kappa shape index (κ1) is 18.5. The number of hydrogen-bond donors (Lipinski definition) is 1. The molecular weight excluding hydrogens is 344 g/mol. The van der Waals surface area contributed by atoms with Gasteiger partial charge >= 0.3 is 0 Å². The van der Waals surface area contributed by atoms with Gasteiger partial charge in [-0.15, -0.1) is 0 Å². The fourth-order valence-electron chi connectivity index (χ4n) is 2.96. The second kappa shape index (κ2) is 7.95. The number of nitrogens with zero attached hydrogens (tertiary/aromatic N) is 1. The Labute approximate surface area is 157 Å². The van der Waals surface area contributed by atoms with Gasteiger partial charge < -0.3 is 19.4 Å². The third-order valence-electron chi connectivity index (χ3n) is 4.42. The zero-order valence-electron chi connectivity index (χ0n) is 15.6. The lowest BCUT2D eigenvalue weighted by atomic mass is 10.1. The first-order valence-corrected chi connectivity index (χ1v) is 8.75. The van der Waals surface area contributed by atoms with Crippen molar-refractivity contribution in [1.82, 2.24) is 4.90 Å². The Kier molecular flexibility index (Phi) is 5.45. The van der Waals surface area contributed by atoms with Gasteiger partial charge in [-0.1, -0.05) is 30.3 Å². The van der Waals surface area contributed by atoms with E-state index >= 15 is 0 Å². The van der Waals surface area contributed by atoms with Gasteiger partial charge in [-0.05, 0) is 32.0 Å². The molecule has 0 saturated carbocycles. The molecule has 0 aliphatic rings. The van der Waals surface area contributed by atoms with Crippen LogP contribution in [0.2, 0.25) is 0 Å². The van der Waals surface area contributed by atoms with E-state index in [0.29, 0.717) is 23.6 Å². The number of aryl methyl sites for hydroxylation is 1. The average Bonchev–Trinajstić information content (AvgIpc) is 3.03. The minimum atomic E-state index is -0.304. The maximum Gasteiger partial charge on any atom is 0.290 e. The molecule has 0 radical (unpaired) electrons. The van der Waals surface area contributed by atoms with Crippen LogP contribution in [0.5, 0.6) is 5.75 Å². The zero-order valence-corrected chi connectivity index (χ0v) is 15.6. The van der Waals surface area contributed by atoms with E-state index in [1.54, 1.807) is 18.2 Å². The molecule has 0 aliphatic heterocycles. The molecule has 2 amide bonds. The lowest BCUT2D eigenvalue weighted by Gasteiger charge is -2.20. The van der Waals surface area contributed by atoms with Crippen molar-refractivity contribution in [3.63, 3.8) is 0 Å². The van der Waals surface area contributed by atoms with E-state index in [0.717, 1.165) is 10.9 Å².